The molecule has 0 bridgehead atoms. The number of halogens is 1. The molecular formula is C14H16BrNO2. The highest BCUT2D eigenvalue weighted by atomic mass is 79.9. The SMILES string of the molecule is O=CCN1CC2(CCOCC2)c2ccc(Br)cc21. The first-order valence-corrected chi connectivity index (χ1v) is 7.11. The Hall–Kier alpha value is -0.870. The van der Waals surface area contributed by atoms with Crippen LogP contribution in [-0.2, 0) is 14.9 Å². The van der Waals surface area contributed by atoms with Crippen molar-refractivity contribution in [2.75, 3.05) is 31.2 Å². The van der Waals surface area contributed by atoms with Crippen molar-refractivity contribution in [3.8, 4) is 0 Å². The van der Waals surface area contributed by atoms with Crippen molar-refractivity contribution in [3.63, 3.8) is 0 Å². The Kier molecular flexibility index (Phi) is 3.16. The number of anilines is 1. The molecule has 3 nitrogen and oxygen atoms in total. The molecule has 2 heterocycles. The summed E-state index contributed by atoms with van der Waals surface area (Å²) in [5, 5.41) is 0. The predicted octanol–water partition coefficient (Wildman–Crippen LogP) is 2.52. The van der Waals surface area contributed by atoms with Gasteiger partial charge in [0.2, 0.25) is 0 Å². The summed E-state index contributed by atoms with van der Waals surface area (Å²) in [6.45, 7) is 3.07. The summed E-state index contributed by atoms with van der Waals surface area (Å²) in [5.74, 6) is 0. The Labute approximate surface area is 115 Å². The minimum Gasteiger partial charge on any atom is -0.381 e. The Morgan fingerprint density at radius 1 is 1.39 bits per heavy atom. The third-order valence-corrected chi connectivity index (χ3v) is 4.60. The molecule has 0 aliphatic carbocycles. The van der Waals surface area contributed by atoms with Crippen molar-refractivity contribution in [1.29, 1.82) is 0 Å². The smallest absolute Gasteiger partial charge is 0.139 e. The zero-order chi connectivity index (χ0) is 12.6. The first kappa shape index (κ1) is 12.2. The number of carbonyl (C=O) groups is 1. The number of fused-ring (bicyclic) bond motifs is 2. The maximum absolute atomic E-state index is 10.8. The highest BCUT2D eigenvalue weighted by Gasteiger charge is 2.43. The highest BCUT2D eigenvalue weighted by molar-refractivity contribution is 9.10. The summed E-state index contributed by atoms with van der Waals surface area (Å²) in [4.78, 5) is 13.0. The largest absolute Gasteiger partial charge is 0.381 e. The Morgan fingerprint density at radius 2 is 2.17 bits per heavy atom. The minimum absolute atomic E-state index is 0.192. The van der Waals surface area contributed by atoms with Crippen LogP contribution in [-0.4, -0.2) is 32.6 Å². The number of aldehydes is 1. The van der Waals surface area contributed by atoms with E-state index in [1.165, 1.54) is 11.3 Å². The van der Waals surface area contributed by atoms with Gasteiger partial charge in [-0.3, -0.25) is 0 Å². The van der Waals surface area contributed by atoms with E-state index in [9.17, 15) is 4.79 Å². The third kappa shape index (κ3) is 1.88. The average molecular weight is 310 g/mol. The van der Waals surface area contributed by atoms with Crippen molar-refractivity contribution in [3.05, 3.63) is 28.2 Å². The number of nitrogens with zero attached hydrogens (tertiary/aromatic N) is 1. The zero-order valence-corrected chi connectivity index (χ0v) is 11.8. The molecular weight excluding hydrogens is 294 g/mol. The number of rotatable bonds is 2. The number of carbonyl (C=O) groups excluding carboxylic acids is 1. The molecule has 4 heteroatoms. The van der Waals surface area contributed by atoms with Gasteiger partial charge in [0.05, 0.1) is 6.54 Å². The van der Waals surface area contributed by atoms with Gasteiger partial charge in [-0.15, -0.1) is 0 Å². The van der Waals surface area contributed by atoms with Crippen LogP contribution in [0.1, 0.15) is 18.4 Å². The lowest BCUT2D eigenvalue weighted by atomic mass is 9.76. The predicted molar refractivity (Wildman–Crippen MR) is 74.2 cm³/mol. The molecule has 1 aromatic rings. The van der Waals surface area contributed by atoms with Gasteiger partial charge in [0.1, 0.15) is 6.29 Å². The van der Waals surface area contributed by atoms with Crippen LogP contribution in [0.25, 0.3) is 0 Å². The second kappa shape index (κ2) is 4.67. The van der Waals surface area contributed by atoms with Crippen LogP contribution in [0.3, 0.4) is 0 Å². The molecule has 0 radical (unpaired) electrons. The number of benzene rings is 1. The summed E-state index contributed by atoms with van der Waals surface area (Å²) in [7, 11) is 0. The van der Waals surface area contributed by atoms with Crippen molar-refractivity contribution in [2.45, 2.75) is 18.3 Å². The van der Waals surface area contributed by atoms with E-state index in [4.69, 9.17) is 4.74 Å². The van der Waals surface area contributed by atoms with Crippen LogP contribution in [0, 0.1) is 0 Å². The molecule has 0 N–H and O–H groups in total. The molecule has 3 rings (SSSR count). The summed E-state index contributed by atoms with van der Waals surface area (Å²) in [6.07, 6.45) is 3.09. The van der Waals surface area contributed by atoms with Gasteiger partial charge in [-0.1, -0.05) is 22.0 Å². The minimum atomic E-state index is 0.192. The maximum atomic E-state index is 10.8. The summed E-state index contributed by atoms with van der Waals surface area (Å²) >= 11 is 3.52. The average Bonchev–Trinajstić information content (AvgIpc) is 2.65. The van der Waals surface area contributed by atoms with Crippen LogP contribution in [0.4, 0.5) is 5.69 Å². The molecule has 0 unspecified atom stereocenters. The van der Waals surface area contributed by atoms with Gasteiger partial charge in [0.25, 0.3) is 0 Å². The van der Waals surface area contributed by atoms with E-state index in [2.05, 4.69) is 39.0 Å². The molecule has 1 spiro atoms. The molecule has 0 amide bonds. The number of hydrogen-bond acceptors (Lipinski definition) is 3. The fraction of sp³-hybridized carbons (Fsp3) is 0.500. The molecule has 2 aliphatic rings. The topological polar surface area (TPSA) is 29.5 Å². The molecule has 96 valence electrons. The van der Waals surface area contributed by atoms with E-state index < -0.39 is 0 Å². The van der Waals surface area contributed by atoms with E-state index in [1.54, 1.807) is 0 Å². The zero-order valence-electron chi connectivity index (χ0n) is 10.2. The maximum Gasteiger partial charge on any atom is 0.139 e. The first-order chi connectivity index (χ1) is 8.75. The molecule has 1 saturated heterocycles. The lowest BCUT2D eigenvalue weighted by Crippen LogP contribution is -2.39. The van der Waals surface area contributed by atoms with Crippen molar-refractivity contribution in [1.82, 2.24) is 0 Å². The third-order valence-electron chi connectivity index (χ3n) is 4.11. The normalized spacial score (nSPS) is 21.1. The summed E-state index contributed by atoms with van der Waals surface area (Å²) in [6, 6.07) is 6.43. The van der Waals surface area contributed by atoms with Gasteiger partial charge in [-0.2, -0.15) is 0 Å². The molecule has 0 saturated carbocycles. The van der Waals surface area contributed by atoms with E-state index >= 15 is 0 Å². The standard InChI is InChI=1S/C14H16BrNO2/c15-11-1-2-12-13(9-11)16(5-6-17)10-14(12)3-7-18-8-4-14/h1-2,6,9H,3-5,7-8,10H2. The molecule has 1 fully saturated rings. The van der Waals surface area contributed by atoms with Gasteiger partial charge in [-0.25, -0.2) is 0 Å². The van der Waals surface area contributed by atoms with Crippen LogP contribution >= 0.6 is 15.9 Å². The highest BCUT2D eigenvalue weighted by Crippen LogP contribution is 2.47. The van der Waals surface area contributed by atoms with Crippen molar-refractivity contribution < 1.29 is 9.53 Å². The molecule has 1 aromatic carbocycles. The Bertz CT molecular complexity index is 469. The second-order valence-electron chi connectivity index (χ2n) is 5.10. The molecule has 2 aliphatic heterocycles. The Balaban J connectivity index is 2.04. The number of ether oxygens (including phenoxy) is 1. The monoisotopic (exact) mass is 309 g/mol. The van der Waals surface area contributed by atoms with Crippen molar-refractivity contribution >= 4 is 27.9 Å². The van der Waals surface area contributed by atoms with E-state index in [-0.39, 0.29) is 5.41 Å². The van der Waals surface area contributed by atoms with Gasteiger partial charge >= 0.3 is 0 Å². The van der Waals surface area contributed by atoms with E-state index in [1.807, 2.05) is 0 Å². The fourth-order valence-electron chi connectivity index (χ4n) is 3.19. The molecule has 18 heavy (non-hydrogen) atoms. The van der Waals surface area contributed by atoms with Gasteiger partial charge < -0.3 is 14.4 Å². The van der Waals surface area contributed by atoms with Crippen LogP contribution in [0.5, 0.6) is 0 Å². The van der Waals surface area contributed by atoms with Gasteiger partial charge in [0.15, 0.2) is 0 Å². The second-order valence-corrected chi connectivity index (χ2v) is 6.02. The number of hydrogen-bond donors (Lipinski definition) is 0. The van der Waals surface area contributed by atoms with Gasteiger partial charge in [0, 0.05) is 35.3 Å². The first-order valence-electron chi connectivity index (χ1n) is 6.32. The lowest BCUT2D eigenvalue weighted by Gasteiger charge is -2.34. The van der Waals surface area contributed by atoms with Crippen molar-refractivity contribution in [2.24, 2.45) is 0 Å². The van der Waals surface area contributed by atoms with Gasteiger partial charge in [-0.05, 0) is 30.5 Å². The summed E-state index contributed by atoms with van der Waals surface area (Å²) < 4.78 is 6.56. The van der Waals surface area contributed by atoms with E-state index in [0.29, 0.717) is 6.54 Å². The van der Waals surface area contributed by atoms with Crippen LogP contribution in [0.2, 0.25) is 0 Å². The fourth-order valence-corrected chi connectivity index (χ4v) is 3.54. The van der Waals surface area contributed by atoms with Crippen LogP contribution in [0.15, 0.2) is 22.7 Å². The lowest BCUT2D eigenvalue weighted by molar-refractivity contribution is -0.106. The van der Waals surface area contributed by atoms with E-state index in [0.717, 1.165) is 43.4 Å². The quantitative estimate of drug-likeness (QED) is 0.786. The molecule has 0 atom stereocenters. The summed E-state index contributed by atoms with van der Waals surface area (Å²) in [5.41, 5.74) is 2.78. The Morgan fingerprint density at radius 3 is 2.89 bits per heavy atom. The molecule has 0 aromatic heterocycles. The van der Waals surface area contributed by atoms with Crippen LogP contribution < -0.4 is 4.90 Å².